The Morgan fingerprint density at radius 3 is 2.52 bits per heavy atom. The summed E-state index contributed by atoms with van der Waals surface area (Å²) in [6, 6.07) is 17.0. The maximum Gasteiger partial charge on any atom is 0.283 e. The monoisotopic (exact) mass is 493 g/mol. The van der Waals surface area contributed by atoms with Gasteiger partial charge in [0.05, 0.1) is 15.6 Å². The van der Waals surface area contributed by atoms with Crippen molar-refractivity contribution in [3.63, 3.8) is 0 Å². The van der Waals surface area contributed by atoms with Crippen molar-refractivity contribution in [1.82, 2.24) is 9.58 Å². The van der Waals surface area contributed by atoms with Gasteiger partial charge in [-0.05, 0) is 61.5 Å². The SMILES string of the molecule is Cc1cc(/C=C2/C(=N)N3N=C(c4ccccc4)SC3=NC2=O)c(C)n1-c1ccc(Cl)c(Cl)c1. The average Bonchev–Trinajstić information content (AvgIpc) is 3.34. The number of benzene rings is 2. The van der Waals surface area contributed by atoms with E-state index in [0.717, 1.165) is 28.2 Å². The third kappa shape index (κ3) is 3.82. The average molecular weight is 494 g/mol. The normalized spacial score (nSPS) is 16.8. The highest BCUT2D eigenvalue weighted by atomic mass is 35.5. The Hall–Kier alpha value is -3.13. The fourth-order valence-electron chi connectivity index (χ4n) is 3.80. The van der Waals surface area contributed by atoms with Crippen molar-refractivity contribution in [3.05, 3.63) is 92.7 Å². The molecule has 0 aliphatic carbocycles. The lowest BCUT2D eigenvalue weighted by atomic mass is 10.1. The summed E-state index contributed by atoms with van der Waals surface area (Å²) >= 11 is 13.6. The largest absolute Gasteiger partial charge is 0.318 e. The number of aliphatic imine (C=N–C) groups is 1. The van der Waals surface area contributed by atoms with Gasteiger partial charge in [-0.25, -0.2) is 0 Å². The second kappa shape index (κ2) is 8.33. The molecule has 5 rings (SSSR count). The van der Waals surface area contributed by atoms with E-state index in [9.17, 15) is 4.79 Å². The van der Waals surface area contributed by atoms with E-state index in [-0.39, 0.29) is 11.4 Å². The highest BCUT2D eigenvalue weighted by Gasteiger charge is 2.36. The quantitative estimate of drug-likeness (QED) is 0.450. The number of carbonyl (C=O) groups is 1. The fourth-order valence-corrected chi connectivity index (χ4v) is 4.99. The lowest BCUT2D eigenvalue weighted by Crippen LogP contribution is -2.35. The number of halogens is 2. The number of aryl methyl sites for hydroxylation is 1. The number of amidine groups is 2. The molecule has 3 aromatic rings. The molecule has 1 aromatic heterocycles. The summed E-state index contributed by atoms with van der Waals surface area (Å²) in [6.45, 7) is 3.92. The summed E-state index contributed by atoms with van der Waals surface area (Å²) in [5.41, 5.74) is 4.63. The summed E-state index contributed by atoms with van der Waals surface area (Å²) < 4.78 is 2.03. The van der Waals surface area contributed by atoms with Gasteiger partial charge in [-0.15, -0.1) is 0 Å². The number of fused-ring (bicyclic) bond motifs is 1. The number of hydrazone groups is 1. The van der Waals surface area contributed by atoms with Gasteiger partial charge in [-0.3, -0.25) is 10.2 Å². The van der Waals surface area contributed by atoms with Crippen LogP contribution in [0, 0.1) is 19.3 Å². The van der Waals surface area contributed by atoms with E-state index < -0.39 is 5.91 Å². The minimum absolute atomic E-state index is 0.00257. The summed E-state index contributed by atoms with van der Waals surface area (Å²) in [7, 11) is 0. The first-order chi connectivity index (χ1) is 15.8. The molecular weight excluding hydrogens is 477 g/mol. The second-order valence-electron chi connectivity index (χ2n) is 7.55. The van der Waals surface area contributed by atoms with Crippen molar-refractivity contribution >= 4 is 63.0 Å². The molecule has 1 amide bonds. The Morgan fingerprint density at radius 2 is 1.79 bits per heavy atom. The Balaban J connectivity index is 1.52. The fraction of sp³-hybridized carbons (Fsp3) is 0.0833. The molecule has 9 heteroatoms. The van der Waals surface area contributed by atoms with Crippen LogP contribution < -0.4 is 0 Å². The highest BCUT2D eigenvalue weighted by molar-refractivity contribution is 8.27. The molecule has 0 fully saturated rings. The van der Waals surface area contributed by atoms with Gasteiger partial charge in [0, 0.05) is 22.6 Å². The number of thioether (sulfide) groups is 1. The van der Waals surface area contributed by atoms with E-state index in [0.29, 0.717) is 20.3 Å². The molecule has 1 N–H and O–H groups in total. The van der Waals surface area contributed by atoms with Crippen LogP contribution in [0.3, 0.4) is 0 Å². The molecule has 0 radical (unpaired) electrons. The minimum Gasteiger partial charge on any atom is -0.318 e. The molecule has 0 saturated heterocycles. The van der Waals surface area contributed by atoms with Gasteiger partial charge in [0.15, 0.2) is 5.84 Å². The van der Waals surface area contributed by atoms with E-state index in [1.165, 1.54) is 16.8 Å². The van der Waals surface area contributed by atoms with Crippen LogP contribution in [0.25, 0.3) is 11.8 Å². The van der Waals surface area contributed by atoms with Crippen molar-refractivity contribution in [2.45, 2.75) is 13.8 Å². The molecule has 0 unspecified atom stereocenters. The van der Waals surface area contributed by atoms with Crippen LogP contribution in [0.2, 0.25) is 10.0 Å². The highest BCUT2D eigenvalue weighted by Crippen LogP contribution is 2.32. The zero-order chi connectivity index (χ0) is 23.3. The van der Waals surface area contributed by atoms with Crippen LogP contribution in [-0.2, 0) is 4.79 Å². The second-order valence-corrected chi connectivity index (χ2v) is 9.32. The standard InChI is InChI=1S/C24H17Cl2N5OS/c1-13-10-16(14(2)30(13)17-8-9-19(25)20(26)12-17)11-18-21(27)31-24(28-22(18)32)33-23(29-31)15-6-4-3-5-7-15/h3-12,27H,1-2H3/b18-11-,27-21?. The van der Waals surface area contributed by atoms with Crippen LogP contribution >= 0.6 is 35.0 Å². The Morgan fingerprint density at radius 1 is 1.03 bits per heavy atom. The number of nitrogens with one attached hydrogen (secondary N) is 1. The van der Waals surface area contributed by atoms with E-state index in [4.69, 9.17) is 28.6 Å². The molecule has 2 aliphatic rings. The van der Waals surface area contributed by atoms with E-state index in [1.807, 2.05) is 60.9 Å². The first-order valence-electron chi connectivity index (χ1n) is 10.0. The molecule has 0 bridgehead atoms. The van der Waals surface area contributed by atoms with E-state index in [2.05, 4.69) is 10.1 Å². The van der Waals surface area contributed by atoms with Crippen molar-refractivity contribution < 1.29 is 4.79 Å². The number of aromatic nitrogens is 1. The zero-order valence-electron chi connectivity index (χ0n) is 17.6. The topological polar surface area (TPSA) is 73.8 Å². The molecule has 33 heavy (non-hydrogen) atoms. The van der Waals surface area contributed by atoms with Crippen molar-refractivity contribution in [2.75, 3.05) is 0 Å². The first-order valence-corrected chi connectivity index (χ1v) is 11.6. The molecule has 6 nitrogen and oxygen atoms in total. The van der Waals surface area contributed by atoms with Crippen molar-refractivity contribution in [3.8, 4) is 5.69 Å². The van der Waals surface area contributed by atoms with Crippen LogP contribution in [0.15, 0.2) is 70.3 Å². The van der Waals surface area contributed by atoms with Crippen LogP contribution in [-0.4, -0.2) is 31.5 Å². The zero-order valence-corrected chi connectivity index (χ0v) is 20.0. The maximum absolute atomic E-state index is 12.8. The molecule has 0 atom stereocenters. The van der Waals surface area contributed by atoms with Gasteiger partial charge in [0.25, 0.3) is 5.91 Å². The molecular formula is C24H17Cl2N5OS. The first kappa shape index (κ1) is 21.7. The predicted octanol–water partition coefficient (Wildman–Crippen LogP) is 6.07. The Labute approximate surface area is 204 Å². The number of hydrogen-bond acceptors (Lipinski definition) is 4. The number of carbonyl (C=O) groups excluding carboxylic acids is 1. The Kier molecular flexibility index (Phi) is 5.48. The van der Waals surface area contributed by atoms with Crippen molar-refractivity contribution in [1.29, 1.82) is 5.41 Å². The predicted molar refractivity (Wildman–Crippen MR) is 136 cm³/mol. The van der Waals surface area contributed by atoms with Gasteiger partial charge in [0.1, 0.15) is 5.04 Å². The van der Waals surface area contributed by atoms with E-state index in [1.54, 1.807) is 18.2 Å². The van der Waals surface area contributed by atoms with Gasteiger partial charge < -0.3 is 4.57 Å². The smallest absolute Gasteiger partial charge is 0.283 e. The summed E-state index contributed by atoms with van der Waals surface area (Å²) in [4.78, 5) is 17.0. The lowest BCUT2D eigenvalue weighted by Gasteiger charge is -2.20. The number of rotatable bonds is 3. The van der Waals surface area contributed by atoms with Gasteiger partial charge >= 0.3 is 0 Å². The number of amides is 1. The van der Waals surface area contributed by atoms with Crippen LogP contribution in [0.1, 0.15) is 22.5 Å². The molecule has 2 aromatic carbocycles. The molecule has 0 saturated carbocycles. The van der Waals surface area contributed by atoms with Gasteiger partial charge in [0.2, 0.25) is 5.17 Å². The molecule has 0 spiro atoms. The maximum atomic E-state index is 12.8. The van der Waals surface area contributed by atoms with E-state index >= 15 is 0 Å². The summed E-state index contributed by atoms with van der Waals surface area (Å²) in [5.74, 6) is -0.453. The lowest BCUT2D eigenvalue weighted by molar-refractivity contribution is -0.114. The van der Waals surface area contributed by atoms with Gasteiger partial charge in [-0.1, -0.05) is 53.5 Å². The minimum atomic E-state index is -0.456. The molecule has 3 heterocycles. The number of hydrogen-bond donors (Lipinski definition) is 1. The summed E-state index contributed by atoms with van der Waals surface area (Å²) in [5, 5.41) is 16.6. The molecule has 164 valence electrons. The number of nitrogens with zero attached hydrogens (tertiary/aromatic N) is 4. The van der Waals surface area contributed by atoms with Crippen LogP contribution in [0.5, 0.6) is 0 Å². The van der Waals surface area contributed by atoms with Gasteiger partial charge in [-0.2, -0.15) is 15.1 Å². The molecule has 2 aliphatic heterocycles. The Bertz CT molecular complexity index is 1420. The third-order valence-electron chi connectivity index (χ3n) is 5.41. The van der Waals surface area contributed by atoms with Crippen molar-refractivity contribution in [2.24, 2.45) is 10.1 Å². The van der Waals surface area contributed by atoms with Crippen LogP contribution in [0.4, 0.5) is 0 Å². The third-order valence-corrected chi connectivity index (χ3v) is 7.10. The summed E-state index contributed by atoms with van der Waals surface area (Å²) in [6.07, 6.45) is 1.70.